The van der Waals surface area contributed by atoms with Gasteiger partial charge >= 0.3 is 0 Å². The van der Waals surface area contributed by atoms with Gasteiger partial charge < -0.3 is 24.4 Å². The van der Waals surface area contributed by atoms with Crippen molar-refractivity contribution in [2.24, 2.45) is 0 Å². The van der Waals surface area contributed by atoms with Crippen molar-refractivity contribution in [1.29, 1.82) is 0 Å². The van der Waals surface area contributed by atoms with Gasteiger partial charge in [0, 0.05) is 18.7 Å². The molecule has 0 bridgehead atoms. The van der Waals surface area contributed by atoms with Gasteiger partial charge in [-0.1, -0.05) is 11.6 Å². The van der Waals surface area contributed by atoms with E-state index in [1.165, 1.54) is 5.56 Å². The van der Waals surface area contributed by atoms with Crippen molar-refractivity contribution in [2.45, 2.75) is 45.9 Å². The van der Waals surface area contributed by atoms with Gasteiger partial charge in [-0.2, -0.15) is 0 Å². The second kappa shape index (κ2) is 9.02. The summed E-state index contributed by atoms with van der Waals surface area (Å²) in [6, 6.07) is 9.89. The topological polar surface area (TPSA) is 70.5 Å². The lowest BCUT2D eigenvalue weighted by atomic mass is 10.1. The van der Waals surface area contributed by atoms with Gasteiger partial charge in [-0.15, -0.1) is 0 Å². The SMILES string of the molecule is Cc1cc(C)c2[nH]c(=O)c(CN(Cc3ccco3)C(=S)NC[C@@H]3CCCO3)cc2c1. The summed E-state index contributed by atoms with van der Waals surface area (Å²) in [6.45, 7) is 6.41. The van der Waals surface area contributed by atoms with Crippen LogP contribution in [0.25, 0.3) is 10.9 Å². The molecule has 0 radical (unpaired) electrons. The minimum atomic E-state index is -0.0965. The van der Waals surface area contributed by atoms with Gasteiger partial charge in [0.15, 0.2) is 5.11 Å². The molecule has 1 aromatic carbocycles. The van der Waals surface area contributed by atoms with Crippen LogP contribution in [-0.2, 0) is 17.8 Å². The number of pyridine rings is 1. The lowest BCUT2D eigenvalue weighted by Gasteiger charge is -2.26. The number of fused-ring (bicyclic) bond motifs is 1. The van der Waals surface area contributed by atoms with Crippen LogP contribution in [0.2, 0.25) is 0 Å². The molecule has 158 valence electrons. The second-order valence-electron chi connectivity index (χ2n) is 7.93. The Balaban J connectivity index is 1.58. The maximum absolute atomic E-state index is 12.8. The number of hydrogen-bond donors (Lipinski definition) is 2. The van der Waals surface area contributed by atoms with Gasteiger partial charge in [-0.25, -0.2) is 0 Å². The van der Waals surface area contributed by atoms with Crippen LogP contribution in [0.5, 0.6) is 0 Å². The third kappa shape index (κ3) is 4.74. The van der Waals surface area contributed by atoms with E-state index in [4.69, 9.17) is 21.4 Å². The molecule has 3 heterocycles. The van der Waals surface area contributed by atoms with E-state index in [0.29, 0.717) is 30.3 Å². The number of nitrogens with one attached hydrogen (secondary N) is 2. The highest BCUT2D eigenvalue weighted by molar-refractivity contribution is 7.80. The summed E-state index contributed by atoms with van der Waals surface area (Å²) in [5.41, 5.74) is 3.68. The summed E-state index contributed by atoms with van der Waals surface area (Å²) >= 11 is 5.67. The minimum Gasteiger partial charge on any atom is -0.467 e. The van der Waals surface area contributed by atoms with Crippen LogP contribution in [0.3, 0.4) is 0 Å². The summed E-state index contributed by atoms with van der Waals surface area (Å²) < 4.78 is 11.2. The van der Waals surface area contributed by atoms with E-state index in [-0.39, 0.29) is 11.7 Å². The fourth-order valence-corrected chi connectivity index (χ4v) is 4.18. The number of nitrogens with zero attached hydrogens (tertiary/aromatic N) is 1. The van der Waals surface area contributed by atoms with Crippen LogP contribution >= 0.6 is 12.2 Å². The molecule has 0 spiro atoms. The average molecular weight is 426 g/mol. The number of aromatic nitrogens is 1. The van der Waals surface area contributed by atoms with Gasteiger partial charge in [0.25, 0.3) is 5.56 Å². The highest BCUT2D eigenvalue weighted by atomic mass is 32.1. The van der Waals surface area contributed by atoms with E-state index in [9.17, 15) is 4.79 Å². The molecule has 1 atom stereocenters. The van der Waals surface area contributed by atoms with Crippen LogP contribution < -0.4 is 10.9 Å². The molecule has 0 unspecified atom stereocenters. The van der Waals surface area contributed by atoms with Crippen LogP contribution in [0.15, 0.2) is 45.8 Å². The van der Waals surface area contributed by atoms with Crippen molar-refractivity contribution in [3.8, 4) is 0 Å². The van der Waals surface area contributed by atoms with Crippen molar-refractivity contribution >= 4 is 28.2 Å². The molecule has 0 amide bonds. The van der Waals surface area contributed by atoms with Gasteiger partial charge in [0.05, 0.1) is 31.0 Å². The van der Waals surface area contributed by atoms with E-state index in [0.717, 1.165) is 41.7 Å². The number of hydrogen-bond acceptors (Lipinski definition) is 4. The largest absolute Gasteiger partial charge is 0.467 e. The summed E-state index contributed by atoms with van der Waals surface area (Å²) in [6.07, 6.45) is 3.95. The van der Waals surface area contributed by atoms with Gasteiger partial charge in [-0.3, -0.25) is 4.79 Å². The monoisotopic (exact) mass is 425 g/mol. The molecule has 3 aromatic rings. The first-order valence-corrected chi connectivity index (χ1v) is 10.7. The Bertz CT molecular complexity index is 1090. The number of aromatic amines is 1. The Hall–Kier alpha value is -2.64. The maximum Gasteiger partial charge on any atom is 0.253 e. The predicted octanol–water partition coefficient (Wildman–Crippen LogP) is 3.79. The lowest BCUT2D eigenvalue weighted by molar-refractivity contribution is 0.113. The Labute approximate surface area is 181 Å². The van der Waals surface area contributed by atoms with Crippen LogP contribution in [0, 0.1) is 13.8 Å². The highest BCUT2D eigenvalue weighted by Crippen LogP contribution is 2.19. The van der Waals surface area contributed by atoms with E-state index >= 15 is 0 Å². The molecule has 1 aliphatic heterocycles. The van der Waals surface area contributed by atoms with E-state index in [2.05, 4.69) is 29.4 Å². The predicted molar refractivity (Wildman–Crippen MR) is 122 cm³/mol. The zero-order valence-electron chi connectivity index (χ0n) is 17.4. The third-order valence-corrected chi connectivity index (χ3v) is 5.85. The number of furan rings is 1. The molecule has 6 nitrogen and oxygen atoms in total. The number of H-pyrrole nitrogens is 1. The first kappa shape index (κ1) is 20.6. The van der Waals surface area contributed by atoms with E-state index < -0.39 is 0 Å². The molecule has 1 fully saturated rings. The fraction of sp³-hybridized carbons (Fsp3) is 0.391. The smallest absolute Gasteiger partial charge is 0.253 e. The van der Waals surface area contributed by atoms with Crippen LogP contribution in [-0.4, -0.2) is 34.3 Å². The number of rotatable bonds is 6. The first-order chi connectivity index (χ1) is 14.5. The lowest BCUT2D eigenvalue weighted by Crippen LogP contribution is -2.42. The zero-order valence-corrected chi connectivity index (χ0v) is 18.2. The fourth-order valence-electron chi connectivity index (χ4n) is 3.96. The molecule has 1 saturated heterocycles. The number of benzene rings is 1. The van der Waals surface area contributed by atoms with Gasteiger partial charge in [-0.05, 0) is 74.1 Å². The van der Waals surface area contributed by atoms with Crippen LogP contribution in [0.4, 0.5) is 0 Å². The minimum absolute atomic E-state index is 0.0965. The summed E-state index contributed by atoms with van der Waals surface area (Å²) in [5.74, 6) is 0.792. The molecule has 30 heavy (non-hydrogen) atoms. The standard InChI is InChI=1S/C23H27N3O3S/c1-15-9-16(2)21-17(10-15)11-18(22(27)25-21)13-26(14-20-6-4-8-29-20)23(30)24-12-19-5-3-7-28-19/h4,6,8-11,19H,3,5,7,12-14H2,1-2H3,(H,24,30)(H,25,27)/t19-/m0/s1. The third-order valence-electron chi connectivity index (χ3n) is 5.45. The van der Waals surface area contributed by atoms with Gasteiger partial charge in [0.2, 0.25) is 0 Å². The molecule has 2 N–H and O–H groups in total. The summed E-state index contributed by atoms with van der Waals surface area (Å²) in [7, 11) is 0. The highest BCUT2D eigenvalue weighted by Gasteiger charge is 2.19. The number of aryl methyl sites for hydroxylation is 2. The Morgan fingerprint density at radius 1 is 1.30 bits per heavy atom. The molecule has 4 rings (SSSR count). The first-order valence-electron chi connectivity index (χ1n) is 10.3. The number of ether oxygens (including phenoxy) is 1. The van der Waals surface area contributed by atoms with Crippen molar-refractivity contribution in [2.75, 3.05) is 13.2 Å². The van der Waals surface area contributed by atoms with E-state index in [1.807, 2.05) is 30.0 Å². The van der Waals surface area contributed by atoms with E-state index in [1.54, 1.807) is 6.26 Å². The average Bonchev–Trinajstić information content (AvgIpc) is 3.41. The van der Waals surface area contributed by atoms with Crippen molar-refractivity contribution in [3.63, 3.8) is 0 Å². The molecule has 0 saturated carbocycles. The quantitative estimate of drug-likeness (QED) is 0.586. The molecule has 2 aromatic heterocycles. The van der Waals surface area contributed by atoms with Crippen molar-refractivity contribution < 1.29 is 9.15 Å². The summed E-state index contributed by atoms with van der Waals surface area (Å²) in [5, 5.41) is 4.92. The molecule has 7 heteroatoms. The zero-order chi connectivity index (χ0) is 21.1. The molecule has 1 aliphatic rings. The maximum atomic E-state index is 12.8. The summed E-state index contributed by atoms with van der Waals surface area (Å²) in [4.78, 5) is 17.8. The Morgan fingerprint density at radius 3 is 2.90 bits per heavy atom. The Morgan fingerprint density at radius 2 is 2.17 bits per heavy atom. The Kier molecular flexibility index (Phi) is 6.20. The van der Waals surface area contributed by atoms with Crippen LogP contribution in [0.1, 0.15) is 35.3 Å². The molecular formula is C23H27N3O3S. The van der Waals surface area contributed by atoms with Crippen molar-refractivity contribution in [3.05, 3.63) is 69.4 Å². The normalized spacial score (nSPS) is 16.1. The van der Waals surface area contributed by atoms with Gasteiger partial charge in [0.1, 0.15) is 5.76 Å². The second-order valence-corrected chi connectivity index (χ2v) is 8.31. The van der Waals surface area contributed by atoms with Crippen molar-refractivity contribution in [1.82, 2.24) is 15.2 Å². The molecule has 0 aliphatic carbocycles. The number of thiocarbonyl (C=S) groups is 1. The molecular weight excluding hydrogens is 398 g/mol.